The average Bonchev–Trinajstić information content (AvgIpc) is 3.55. The molecule has 1 aromatic heterocycles. The number of rotatable bonds is 9. The summed E-state index contributed by atoms with van der Waals surface area (Å²) in [5.41, 5.74) is 5.06. The number of nitrogens with zero attached hydrogens (tertiary/aromatic N) is 3. The Balaban J connectivity index is 1.19. The normalized spacial score (nSPS) is 21.6. The van der Waals surface area contributed by atoms with Gasteiger partial charge in [0, 0.05) is 61.5 Å². The van der Waals surface area contributed by atoms with E-state index in [2.05, 4.69) is 20.1 Å². The molecule has 2 fully saturated rings. The molecule has 0 aliphatic carbocycles. The molecule has 0 bridgehead atoms. The van der Waals surface area contributed by atoms with Crippen LogP contribution in [0.5, 0.6) is 5.75 Å². The van der Waals surface area contributed by atoms with Gasteiger partial charge in [-0.05, 0) is 68.5 Å². The van der Waals surface area contributed by atoms with Gasteiger partial charge in [-0.3, -0.25) is 9.78 Å². The minimum absolute atomic E-state index is 0.0256. The van der Waals surface area contributed by atoms with Crippen molar-refractivity contribution >= 4 is 23.7 Å². The molecule has 0 saturated carbocycles. The minimum atomic E-state index is -0.237. The topological polar surface area (TPSA) is 66.9 Å². The highest BCUT2D eigenvalue weighted by atomic mass is 32.2. The van der Waals surface area contributed by atoms with E-state index >= 15 is 0 Å². The highest BCUT2D eigenvalue weighted by molar-refractivity contribution is 7.98. The molecule has 5 rings (SSSR count). The Morgan fingerprint density at radius 3 is 2.79 bits per heavy atom. The molecule has 2 saturated heterocycles. The van der Waals surface area contributed by atoms with Crippen LogP contribution in [0, 0.1) is 13.8 Å². The van der Waals surface area contributed by atoms with Crippen LogP contribution in [0.1, 0.15) is 39.9 Å². The number of amides is 1. The first-order valence-electron chi connectivity index (χ1n) is 13.2. The van der Waals surface area contributed by atoms with E-state index in [0.29, 0.717) is 19.1 Å². The van der Waals surface area contributed by atoms with E-state index in [1.807, 2.05) is 79.7 Å². The van der Waals surface area contributed by atoms with Gasteiger partial charge < -0.3 is 19.1 Å². The number of carbonyl (C=O) groups excluding carboxylic acids is 1. The summed E-state index contributed by atoms with van der Waals surface area (Å²) in [7, 11) is 1.68. The molecule has 3 aromatic rings. The number of aryl methyl sites for hydroxylation is 2. The lowest BCUT2D eigenvalue weighted by atomic mass is 10.0. The number of methoxy groups -OCH3 is 1. The smallest absolute Gasteiger partial charge is 0.254 e. The van der Waals surface area contributed by atoms with Crippen LogP contribution in [-0.4, -0.2) is 65.1 Å². The van der Waals surface area contributed by atoms with E-state index in [-0.39, 0.29) is 18.1 Å². The first-order valence-corrected chi connectivity index (χ1v) is 14.0. The fourth-order valence-corrected chi connectivity index (χ4v) is 6.13. The number of nitrogens with one attached hydrogen (secondary N) is 1. The summed E-state index contributed by atoms with van der Waals surface area (Å²) in [5, 5.41) is 0. The van der Waals surface area contributed by atoms with Gasteiger partial charge >= 0.3 is 0 Å². The monoisotopic (exact) mass is 532 g/mol. The van der Waals surface area contributed by atoms with Crippen LogP contribution in [0.4, 0.5) is 5.69 Å². The second kappa shape index (κ2) is 12.2. The second-order valence-corrected chi connectivity index (χ2v) is 11.0. The van der Waals surface area contributed by atoms with Gasteiger partial charge in [0.2, 0.25) is 0 Å². The first-order chi connectivity index (χ1) is 18.5. The summed E-state index contributed by atoms with van der Waals surface area (Å²) in [4.78, 5) is 19.4. The number of hydrogen-bond acceptors (Lipinski definition) is 7. The van der Waals surface area contributed by atoms with E-state index in [9.17, 15) is 4.79 Å². The molecule has 2 aliphatic rings. The summed E-state index contributed by atoms with van der Waals surface area (Å²) in [6.45, 7) is 6.04. The molecule has 2 aliphatic heterocycles. The van der Waals surface area contributed by atoms with Crippen LogP contribution in [0.3, 0.4) is 0 Å². The number of aromatic nitrogens is 1. The van der Waals surface area contributed by atoms with Crippen molar-refractivity contribution in [3.8, 4) is 5.75 Å². The van der Waals surface area contributed by atoms with Gasteiger partial charge in [0.25, 0.3) is 5.91 Å². The third-order valence-corrected chi connectivity index (χ3v) is 8.39. The summed E-state index contributed by atoms with van der Waals surface area (Å²) in [5.74, 6) is 0.787. The van der Waals surface area contributed by atoms with Gasteiger partial charge in [0.15, 0.2) is 0 Å². The molecule has 0 radical (unpaired) electrons. The lowest BCUT2D eigenvalue weighted by molar-refractivity contribution is 0.0340. The van der Waals surface area contributed by atoms with Crippen LogP contribution in [-0.2, 0) is 11.2 Å². The van der Waals surface area contributed by atoms with Gasteiger partial charge in [0.1, 0.15) is 18.0 Å². The fraction of sp³-hybridized carbons (Fsp3) is 0.400. The third-order valence-electron chi connectivity index (χ3n) is 7.35. The summed E-state index contributed by atoms with van der Waals surface area (Å²) in [6, 6.07) is 18.6. The van der Waals surface area contributed by atoms with Crippen molar-refractivity contribution in [2.45, 2.75) is 51.4 Å². The third kappa shape index (κ3) is 6.31. The summed E-state index contributed by atoms with van der Waals surface area (Å²) >= 11 is 1.66. The Labute approximate surface area is 229 Å². The Kier molecular flexibility index (Phi) is 8.51. The molecule has 3 heterocycles. The van der Waals surface area contributed by atoms with Crippen molar-refractivity contribution in [3.05, 3.63) is 89.2 Å². The van der Waals surface area contributed by atoms with Crippen molar-refractivity contribution in [1.82, 2.24) is 14.2 Å². The SMILES string of the molecule is COC1CN(C(=O)c2cc(C)ccc2C)CC1Oc1cccc(NSN2CCCC2Cc2cccnc2)c1. The zero-order chi connectivity index (χ0) is 26.5. The van der Waals surface area contributed by atoms with Crippen LogP contribution in [0.2, 0.25) is 0 Å². The van der Waals surface area contributed by atoms with E-state index in [1.54, 1.807) is 19.2 Å². The summed E-state index contributed by atoms with van der Waals surface area (Å²) < 4.78 is 18.0. The van der Waals surface area contributed by atoms with Crippen LogP contribution >= 0.6 is 12.1 Å². The standard InChI is InChI=1S/C30H36N4O3S/c1-21-11-12-22(2)27(15-21)30(35)33-19-28(36-3)29(20-33)37-26-10-4-8-24(17-26)32-38-34-14-6-9-25(34)16-23-7-5-13-31-18-23/h4-5,7-8,10-13,15,17-18,25,28-29,32H,6,9,14,16,19-20H2,1-3H3. The maximum atomic E-state index is 13.3. The maximum Gasteiger partial charge on any atom is 0.254 e. The Morgan fingerprint density at radius 2 is 1.97 bits per heavy atom. The van der Waals surface area contributed by atoms with Crippen molar-refractivity contribution in [2.24, 2.45) is 0 Å². The minimum Gasteiger partial charge on any atom is -0.486 e. The molecular formula is C30H36N4O3S. The van der Waals surface area contributed by atoms with Crippen molar-refractivity contribution < 1.29 is 14.3 Å². The number of ether oxygens (including phenoxy) is 2. The van der Waals surface area contributed by atoms with Crippen LogP contribution in [0.15, 0.2) is 67.0 Å². The number of pyridine rings is 1. The lowest BCUT2D eigenvalue weighted by Gasteiger charge is -2.24. The predicted molar refractivity (Wildman–Crippen MR) is 152 cm³/mol. The van der Waals surface area contributed by atoms with Crippen molar-refractivity contribution in [2.75, 3.05) is 31.5 Å². The molecule has 3 unspecified atom stereocenters. The molecule has 8 heteroatoms. The Hall–Kier alpha value is -3.07. The maximum absolute atomic E-state index is 13.3. The van der Waals surface area contributed by atoms with E-state index in [0.717, 1.165) is 41.1 Å². The zero-order valence-corrected chi connectivity index (χ0v) is 23.1. The number of carbonyl (C=O) groups is 1. The van der Waals surface area contributed by atoms with Crippen molar-refractivity contribution in [1.29, 1.82) is 0 Å². The molecule has 2 aromatic carbocycles. The Morgan fingerprint density at radius 1 is 1.11 bits per heavy atom. The number of anilines is 1. The quantitative estimate of drug-likeness (QED) is 0.375. The van der Waals surface area contributed by atoms with E-state index in [4.69, 9.17) is 9.47 Å². The van der Waals surface area contributed by atoms with Crippen LogP contribution in [0.25, 0.3) is 0 Å². The van der Waals surface area contributed by atoms with Gasteiger partial charge in [-0.1, -0.05) is 29.8 Å². The molecule has 7 nitrogen and oxygen atoms in total. The van der Waals surface area contributed by atoms with Gasteiger partial charge in [-0.25, -0.2) is 4.31 Å². The largest absolute Gasteiger partial charge is 0.486 e. The van der Waals surface area contributed by atoms with E-state index in [1.165, 1.54) is 18.4 Å². The second-order valence-electron chi connectivity index (χ2n) is 10.2. The predicted octanol–water partition coefficient (Wildman–Crippen LogP) is 5.30. The molecule has 1 N–H and O–H groups in total. The highest BCUT2D eigenvalue weighted by Crippen LogP contribution is 2.30. The fourth-order valence-electron chi connectivity index (χ4n) is 5.23. The van der Waals surface area contributed by atoms with Crippen molar-refractivity contribution in [3.63, 3.8) is 0 Å². The van der Waals surface area contributed by atoms with E-state index < -0.39 is 0 Å². The molecule has 200 valence electrons. The van der Waals surface area contributed by atoms with Gasteiger partial charge in [0.05, 0.1) is 13.1 Å². The molecule has 1 amide bonds. The van der Waals surface area contributed by atoms with Gasteiger partial charge in [-0.15, -0.1) is 0 Å². The van der Waals surface area contributed by atoms with Crippen LogP contribution < -0.4 is 9.46 Å². The first kappa shape index (κ1) is 26.5. The molecule has 38 heavy (non-hydrogen) atoms. The molecular weight excluding hydrogens is 496 g/mol. The number of likely N-dealkylation sites (tertiary alicyclic amines) is 1. The average molecular weight is 533 g/mol. The molecule has 3 atom stereocenters. The lowest BCUT2D eigenvalue weighted by Crippen LogP contribution is -2.32. The summed E-state index contributed by atoms with van der Waals surface area (Å²) in [6.07, 6.45) is 6.74. The highest BCUT2D eigenvalue weighted by Gasteiger charge is 2.38. The Bertz CT molecular complexity index is 1240. The molecule has 0 spiro atoms. The number of hydrogen-bond donors (Lipinski definition) is 1. The zero-order valence-electron chi connectivity index (χ0n) is 22.3. The van der Waals surface area contributed by atoms with Gasteiger partial charge in [-0.2, -0.15) is 0 Å². The number of benzene rings is 2.